The Kier molecular flexibility index (Phi) is 4.61. The van der Waals surface area contributed by atoms with Gasteiger partial charge in [0.25, 0.3) is 0 Å². The van der Waals surface area contributed by atoms with Crippen molar-refractivity contribution >= 4 is 16.8 Å². The summed E-state index contributed by atoms with van der Waals surface area (Å²) in [6.07, 6.45) is 5.27. The molecule has 2 rings (SSSR count). The molecule has 4 heteroatoms. The maximum Gasteiger partial charge on any atom is 0.244 e. The molecule has 0 saturated carbocycles. The molecule has 0 aromatic heterocycles. The SMILES string of the molecule is O=C(CC(Cc1ccccc1)[SH]1C=CC=C1)NO. The molecule has 1 atom stereocenters. The zero-order chi connectivity index (χ0) is 12.8. The third-order valence-corrected chi connectivity index (χ3v) is 5.15. The summed E-state index contributed by atoms with van der Waals surface area (Å²) in [7, 11) is -0.404. The predicted molar refractivity (Wildman–Crippen MR) is 75.7 cm³/mol. The minimum Gasteiger partial charge on any atom is -0.289 e. The van der Waals surface area contributed by atoms with E-state index < -0.39 is 10.9 Å². The van der Waals surface area contributed by atoms with Crippen molar-refractivity contribution in [1.82, 2.24) is 5.48 Å². The number of rotatable bonds is 5. The molecule has 1 amide bonds. The van der Waals surface area contributed by atoms with E-state index in [0.717, 1.165) is 6.42 Å². The first kappa shape index (κ1) is 12.9. The zero-order valence-electron chi connectivity index (χ0n) is 9.99. The summed E-state index contributed by atoms with van der Waals surface area (Å²) in [5, 5.41) is 13.2. The maximum atomic E-state index is 11.4. The number of amides is 1. The molecular weight excluding hydrogens is 246 g/mol. The molecule has 0 bridgehead atoms. The Morgan fingerprint density at radius 3 is 2.50 bits per heavy atom. The Balaban J connectivity index is 2.07. The molecule has 0 fully saturated rings. The van der Waals surface area contributed by atoms with Crippen LogP contribution in [0.3, 0.4) is 0 Å². The first-order valence-electron chi connectivity index (χ1n) is 5.89. The Bertz CT molecular complexity index is 444. The summed E-state index contributed by atoms with van der Waals surface area (Å²) in [5.41, 5.74) is 2.95. The minimum absolute atomic E-state index is 0.240. The lowest BCUT2D eigenvalue weighted by atomic mass is 10.1. The lowest BCUT2D eigenvalue weighted by Crippen LogP contribution is -2.25. The van der Waals surface area contributed by atoms with Gasteiger partial charge in [0.2, 0.25) is 5.91 Å². The van der Waals surface area contributed by atoms with E-state index in [-0.39, 0.29) is 11.2 Å². The van der Waals surface area contributed by atoms with Crippen molar-refractivity contribution in [3.8, 4) is 0 Å². The number of allylic oxidation sites excluding steroid dienone is 2. The lowest BCUT2D eigenvalue weighted by Gasteiger charge is -2.23. The van der Waals surface area contributed by atoms with Gasteiger partial charge in [-0.05, 0) is 22.8 Å². The average Bonchev–Trinajstić information content (AvgIpc) is 2.93. The van der Waals surface area contributed by atoms with Gasteiger partial charge >= 0.3 is 0 Å². The van der Waals surface area contributed by atoms with Crippen molar-refractivity contribution in [2.45, 2.75) is 18.1 Å². The van der Waals surface area contributed by atoms with E-state index in [1.165, 1.54) is 5.56 Å². The van der Waals surface area contributed by atoms with E-state index in [2.05, 4.69) is 22.9 Å². The molecule has 1 unspecified atom stereocenters. The van der Waals surface area contributed by atoms with Crippen LogP contribution in [-0.2, 0) is 11.2 Å². The van der Waals surface area contributed by atoms with Gasteiger partial charge in [-0.3, -0.25) is 10.0 Å². The van der Waals surface area contributed by atoms with Crippen LogP contribution in [0.4, 0.5) is 0 Å². The van der Waals surface area contributed by atoms with E-state index in [9.17, 15) is 4.79 Å². The van der Waals surface area contributed by atoms with E-state index >= 15 is 0 Å². The second kappa shape index (κ2) is 6.42. The van der Waals surface area contributed by atoms with Crippen LogP contribution >= 0.6 is 10.9 Å². The number of benzene rings is 1. The van der Waals surface area contributed by atoms with Crippen LogP contribution in [-0.4, -0.2) is 16.4 Å². The molecule has 0 spiro atoms. The maximum absolute atomic E-state index is 11.4. The fourth-order valence-corrected chi connectivity index (χ4v) is 4.00. The van der Waals surface area contributed by atoms with Gasteiger partial charge in [-0.1, -0.05) is 42.5 Å². The zero-order valence-corrected chi connectivity index (χ0v) is 10.9. The molecular formula is C14H17NO2S. The molecule has 1 heterocycles. The van der Waals surface area contributed by atoms with Gasteiger partial charge in [-0.15, -0.1) is 0 Å². The van der Waals surface area contributed by atoms with Gasteiger partial charge in [-0.25, -0.2) is 16.4 Å². The van der Waals surface area contributed by atoms with Crippen molar-refractivity contribution in [3.05, 3.63) is 58.9 Å². The first-order valence-corrected chi connectivity index (χ1v) is 7.44. The fourth-order valence-electron chi connectivity index (χ4n) is 2.02. The molecule has 1 aliphatic heterocycles. The molecule has 0 aliphatic carbocycles. The number of carbonyl (C=O) groups excluding carboxylic acids is 1. The Labute approximate surface area is 110 Å². The quantitative estimate of drug-likeness (QED) is 0.434. The molecule has 0 radical (unpaired) electrons. The van der Waals surface area contributed by atoms with Gasteiger partial charge in [0.1, 0.15) is 0 Å². The average molecular weight is 263 g/mol. The highest BCUT2D eigenvalue weighted by Crippen LogP contribution is 2.41. The van der Waals surface area contributed by atoms with Gasteiger partial charge in [-0.2, -0.15) is 0 Å². The molecule has 1 aliphatic rings. The monoisotopic (exact) mass is 263 g/mol. The van der Waals surface area contributed by atoms with E-state index in [0.29, 0.717) is 6.42 Å². The lowest BCUT2D eigenvalue weighted by molar-refractivity contribution is -0.129. The number of hydroxylamine groups is 1. The molecule has 3 nitrogen and oxygen atoms in total. The number of nitrogens with one attached hydrogen (secondary N) is 1. The van der Waals surface area contributed by atoms with Crippen LogP contribution in [0, 0.1) is 0 Å². The number of hydrogen-bond donors (Lipinski definition) is 3. The molecule has 1 aromatic carbocycles. The standard InChI is InChI=1S/C14H17NO2S/c16-14(15-17)11-13(18-8-4-5-9-18)10-12-6-2-1-3-7-12/h1-9,13,17-18H,10-11H2,(H,15,16). The van der Waals surface area contributed by atoms with Gasteiger partial charge in [0, 0.05) is 11.7 Å². The van der Waals surface area contributed by atoms with Crippen LogP contribution in [0.25, 0.3) is 0 Å². The summed E-state index contributed by atoms with van der Waals surface area (Å²) < 4.78 is 0. The third-order valence-electron chi connectivity index (χ3n) is 2.91. The van der Waals surface area contributed by atoms with E-state index in [1.807, 2.05) is 30.4 Å². The topological polar surface area (TPSA) is 49.3 Å². The second-order valence-electron chi connectivity index (χ2n) is 4.21. The highest BCUT2D eigenvalue weighted by molar-refractivity contribution is 8.22. The van der Waals surface area contributed by atoms with Crippen LogP contribution in [0.15, 0.2) is 53.3 Å². The number of thiol groups is 1. The Morgan fingerprint density at radius 2 is 1.89 bits per heavy atom. The van der Waals surface area contributed by atoms with Crippen LogP contribution < -0.4 is 5.48 Å². The number of carbonyl (C=O) groups is 1. The van der Waals surface area contributed by atoms with Crippen molar-refractivity contribution in [2.24, 2.45) is 0 Å². The van der Waals surface area contributed by atoms with E-state index in [1.54, 1.807) is 5.48 Å². The molecule has 96 valence electrons. The van der Waals surface area contributed by atoms with Crippen molar-refractivity contribution in [3.63, 3.8) is 0 Å². The Hall–Kier alpha value is -1.52. The second-order valence-corrected chi connectivity index (χ2v) is 6.43. The largest absolute Gasteiger partial charge is 0.289 e. The molecule has 1 aromatic rings. The first-order chi connectivity index (χ1) is 8.79. The summed E-state index contributed by atoms with van der Waals surface area (Å²) in [4.78, 5) is 11.4. The summed E-state index contributed by atoms with van der Waals surface area (Å²) in [6.45, 7) is 0. The van der Waals surface area contributed by atoms with Crippen molar-refractivity contribution in [2.75, 3.05) is 0 Å². The van der Waals surface area contributed by atoms with Crippen molar-refractivity contribution < 1.29 is 10.0 Å². The molecule has 18 heavy (non-hydrogen) atoms. The highest BCUT2D eigenvalue weighted by atomic mass is 32.2. The fraction of sp³-hybridized carbons (Fsp3) is 0.214. The van der Waals surface area contributed by atoms with Gasteiger partial charge in [0.05, 0.1) is 0 Å². The Morgan fingerprint density at radius 1 is 1.22 bits per heavy atom. The summed E-state index contributed by atoms with van der Waals surface area (Å²) in [5.74, 6) is -0.313. The predicted octanol–water partition coefficient (Wildman–Crippen LogP) is 2.54. The summed E-state index contributed by atoms with van der Waals surface area (Å²) >= 11 is 0. The smallest absolute Gasteiger partial charge is 0.244 e. The molecule has 2 N–H and O–H groups in total. The third kappa shape index (κ3) is 3.48. The van der Waals surface area contributed by atoms with Gasteiger partial charge < -0.3 is 0 Å². The molecule has 0 saturated heterocycles. The minimum atomic E-state index is -0.404. The van der Waals surface area contributed by atoms with E-state index in [4.69, 9.17) is 5.21 Å². The van der Waals surface area contributed by atoms with Crippen molar-refractivity contribution in [1.29, 1.82) is 0 Å². The van der Waals surface area contributed by atoms with Crippen LogP contribution in [0.2, 0.25) is 0 Å². The normalized spacial score (nSPS) is 16.8. The van der Waals surface area contributed by atoms with Crippen LogP contribution in [0.1, 0.15) is 12.0 Å². The number of hydrogen-bond acceptors (Lipinski definition) is 2. The highest BCUT2D eigenvalue weighted by Gasteiger charge is 2.19. The van der Waals surface area contributed by atoms with Gasteiger partial charge in [0.15, 0.2) is 0 Å². The van der Waals surface area contributed by atoms with Crippen LogP contribution in [0.5, 0.6) is 0 Å². The summed E-state index contributed by atoms with van der Waals surface area (Å²) in [6, 6.07) is 10.1.